The van der Waals surface area contributed by atoms with E-state index in [0.29, 0.717) is 53.9 Å². The third kappa shape index (κ3) is 9.49. The van der Waals surface area contributed by atoms with E-state index in [1.807, 2.05) is 6.92 Å². The highest BCUT2D eigenvalue weighted by molar-refractivity contribution is 5.89. The number of ether oxygens (including phenoxy) is 3. The number of hydrogen-bond acceptors (Lipinski definition) is 6. The molecule has 8 heteroatoms. The van der Waals surface area contributed by atoms with Crippen LogP contribution in [0.15, 0.2) is 60.7 Å². The molecule has 5 rings (SSSR count). The van der Waals surface area contributed by atoms with Crippen molar-refractivity contribution in [1.29, 1.82) is 0 Å². The molecule has 0 aromatic heterocycles. The lowest BCUT2D eigenvalue weighted by molar-refractivity contribution is -0.141. The molecule has 3 aromatic rings. The Kier molecular flexibility index (Phi) is 11.8. The second kappa shape index (κ2) is 16.2. The van der Waals surface area contributed by atoms with Crippen molar-refractivity contribution in [1.82, 2.24) is 0 Å². The SMILES string of the molecule is CCCCCC1CCC(C(=O)Oc2ccc(C(=O)OC3CCC(C(=O)Oc4ccc(C)c(-c5cc(F)cc(F)c5)c4)CC3)cc2)CC1. The third-order valence-electron chi connectivity index (χ3n) is 9.59. The molecule has 0 bridgehead atoms. The average molecular weight is 647 g/mol. The normalized spacial score (nSPS) is 21.1. The molecule has 0 atom stereocenters. The summed E-state index contributed by atoms with van der Waals surface area (Å²) in [6, 6.07) is 14.8. The minimum atomic E-state index is -0.683. The molecule has 6 nitrogen and oxygen atoms in total. The van der Waals surface area contributed by atoms with Crippen molar-refractivity contribution in [3.63, 3.8) is 0 Å². The van der Waals surface area contributed by atoms with Crippen LogP contribution in [-0.4, -0.2) is 24.0 Å². The van der Waals surface area contributed by atoms with Gasteiger partial charge < -0.3 is 14.2 Å². The molecule has 2 fully saturated rings. The largest absolute Gasteiger partial charge is 0.459 e. The predicted octanol–water partition coefficient (Wildman–Crippen LogP) is 9.55. The number of unbranched alkanes of at least 4 members (excludes halogenated alkanes) is 2. The molecule has 0 N–H and O–H groups in total. The maximum atomic E-state index is 13.8. The monoisotopic (exact) mass is 646 g/mol. The van der Waals surface area contributed by atoms with Crippen molar-refractivity contribution in [3.05, 3.63) is 83.4 Å². The second-order valence-corrected chi connectivity index (χ2v) is 13.1. The number of benzene rings is 3. The Morgan fingerprint density at radius 2 is 1.28 bits per heavy atom. The predicted molar refractivity (Wildman–Crippen MR) is 175 cm³/mol. The maximum Gasteiger partial charge on any atom is 0.338 e. The molecule has 2 saturated carbocycles. The molecule has 0 spiro atoms. The van der Waals surface area contributed by atoms with Crippen molar-refractivity contribution in [2.24, 2.45) is 17.8 Å². The Bertz CT molecular complexity index is 1520. The van der Waals surface area contributed by atoms with E-state index in [1.54, 1.807) is 42.5 Å². The standard InChI is InChI=1S/C39H44F2O6/c1-3-4-5-6-26-8-10-27(11-9-26)37(42)45-33-17-12-28(13-18-33)38(43)46-34-19-14-29(15-20-34)39(44)47-35-16-7-25(2)36(24-35)30-21-31(40)23-32(41)22-30/h7,12-13,16-18,21-24,26-27,29,34H,3-6,8-11,14-15,19-20H2,1-2H3. The lowest BCUT2D eigenvalue weighted by Crippen LogP contribution is -2.30. The van der Waals surface area contributed by atoms with Gasteiger partial charge in [-0.3, -0.25) is 9.59 Å². The van der Waals surface area contributed by atoms with E-state index < -0.39 is 17.6 Å². The van der Waals surface area contributed by atoms with E-state index in [9.17, 15) is 23.2 Å². The number of hydrogen-bond donors (Lipinski definition) is 0. The van der Waals surface area contributed by atoms with Gasteiger partial charge in [0.05, 0.1) is 17.4 Å². The van der Waals surface area contributed by atoms with Gasteiger partial charge in [0.2, 0.25) is 0 Å². The molecule has 0 saturated heterocycles. The zero-order chi connectivity index (χ0) is 33.3. The van der Waals surface area contributed by atoms with E-state index in [4.69, 9.17) is 14.2 Å². The molecular weight excluding hydrogens is 602 g/mol. The smallest absolute Gasteiger partial charge is 0.338 e. The molecule has 0 aliphatic heterocycles. The van der Waals surface area contributed by atoms with Crippen LogP contribution in [0.1, 0.15) is 99.9 Å². The number of aryl methyl sites for hydroxylation is 1. The molecule has 0 radical (unpaired) electrons. The number of esters is 3. The fourth-order valence-corrected chi connectivity index (χ4v) is 6.75. The van der Waals surface area contributed by atoms with E-state index in [1.165, 1.54) is 37.8 Å². The Hall–Kier alpha value is -4.07. The molecule has 47 heavy (non-hydrogen) atoms. The van der Waals surface area contributed by atoms with E-state index in [0.717, 1.165) is 43.2 Å². The molecule has 0 amide bonds. The molecular formula is C39H44F2O6. The molecule has 0 unspecified atom stereocenters. The zero-order valence-electron chi connectivity index (χ0n) is 27.3. The van der Waals surface area contributed by atoms with Crippen LogP contribution in [0.3, 0.4) is 0 Å². The van der Waals surface area contributed by atoms with Crippen LogP contribution >= 0.6 is 0 Å². The summed E-state index contributed by atoms with van der Waals surface area (Å²) in [5.74, 6) is -1.41. The van der Waals surface area contributed by atoms with Crippen molar-refractivity contribution >= 4 is 17.9 Å². The Labute approximate surface area is 275 Å². The van der Waals surface area contributed by atoms with Crippen LogP contribution < -0.4 is 9.47 Å². The number of rotatable bonds is 11. The van der Waals surface area contributed by atoms with Crippen molar-refractivity contribution in [3.8, 4) is 22.6 Å². The van der Waals surface area contributed by atoms with Crippen molar-refractivity contribution in [2.75, 3.05) is 0 Å². The van der Waals surface area contributed by atoms with Gasteiger partial charge in [-0.15, -0.1) is 0 Å². The highest BCUT2D eigenvalue weighted by atomic mass is 19.1. The summed E-state index contributed by atoms with van der Waals surface area (Å²) in [5.41, 5.74) is 2.10. The Morgan fingerprint density at radius 3 is 1.89 bits per heavy atom. The van der Waals surface area contributed by atoms with Crippen LogP contribution in [0.5, 0.6) is 11.5 Å². The summed E-state index contributed by atoms with van der Waals surface area (Å²) in [4.78, 5) is 38.5. The topological polar surface area (TPSA) is 78.9 Å². The number of carbonyl (C=O) groups excluding carboxylic acids is 3. The van der Waals surface area contributed by atoms with Gasteiger partial charge in [0, 0.05) is 6.07 Å². The Balaban J connectivity index is 1.05. The zero-order valence-corrected chi connectivity index (χ0v) is 27.3. The summed E-state index contributed by atoms with van der Waals surface area (Å²) in [6.07, 6.45) is 10.6. The van der Waals surface area contributed by atoms with Gasteiger partial charge in [0.25, 0.3) is 0 Å². The van der Waals surface area contributed by atoms with Gasteiger partial charge in [-0.2, -0.15) is 0 Å². The summed E-state index contributed by atoms with van der Waals surface area (Å²) < 4.78 is 44.6. The Morgan fingerprint density at radius 1 is 0.702 bits per heavy atom. The first-order valence-electron chi connectivity index (χ1n) is 17.0. The van der Waals surface area contributed by atoms with Gasteiger partial charge in [-0.25, -0.2) is 13.6 Å². The highest BCUT2D eigenvalue weighted by Gasteiger charge is 2.31. The summed E-state index contributed by atoms with van der Waals surface area (Å²) >= 11 is 0. The van der Waals surface area contributed by atoms with E-state index in [-0.39, 0.29) is 29.9 Å². The lowest BCUT2D eigenvalue weighted by atomic mass is 9.80. The molecule has 3 aromatic carbocycles. The van der Waals surface area contributed by atoms with Crippen molar-refractivity contribution in [2.45, 2.75) is 97.0 Å². The van der Waals surface area contributed by atoms with E-state index in [2.05, 4.69) is 6.92 Å². The first kappa shape index (κ1) is 34.3. The first-order valence-corrected chi connectivity index (χ1v) is 17.0. The third-order valence-corrected chi connectivity index (χ3v) is 9.59. The summed E-state index contributed by atoms with van der Waals surface area (Å²) in [7, 11) is 0. The minimum absolute atomic E-state index is 0.0741. The van der Waals surface area contributed by atoms with Crippen LogP contribution in [-0.2, 0) is 14.3 Å². The lowest BCUT2D eigenvalue weighted by Gasteiger charge is -2.27. The fraction of sp³-hybridized carbons (Fsp3) is 0.462. The summed E-state index contributed by atoms with van der Waals surface area (Å²) in [6.45, 7) is 4.03. The first-order chi connectivity index (χ1) is 22.7. The van der Waals surface area contributed by atoms with Crippen LogP contribution in [0.2, 0.25) is 0 Å². The van der Waals surface area contributed by atoms with Crippen molar-refractivity contribution < 1.29 is 37.4 Å². The summed E-state index contributed by atoms with van der Waals surface area (Å²) in [5, 5.41) is 0. The quantitative estimate of drug-likeness (QED) is 0.117. The van der Waals surface area contributed by atoms with E-state index >= 15 is 0 Å². The second-order valence-electron chi connectivity index (χ2n) is 13.1. The minimum Gasteiger partial charge on any atom is -0.459 e. The van der Waals surface area contributed by atoms with Gasteiger partial charge >= 0.3 is 17.9 Å². The maximum absolute atomic E-state index is 13.8. The molecule has 2 aliphatic rings. The van der Waals surface area contributed by atoms with Gasteiger partial charge in [-0.1, -0.05) is 38.7 Å². The number of carbonyl (C=O) groups is 3. The molecule has 0 heterocycles. The average Bonchev–Trinajstić information content (AvgIpc) is 3.06. The van der Waals surface area contributed by atoms with Gasteiger partial charge in [0.1, 0.15) is 29.2 Å². The van der Waals surface area contributed by atoms with Crippen LogP contribution in [0.25, 0.3) is 11.1 Å². The van der Waals surface area contributed by atoms with Crippen LogP contribution in [0.4, 0.5) is 8.78 Å². The fourth-order valence-electron chi connectivity index (χ4n) is 6.75. The molecule has 2 aliphatic carbocycles. The molecule has 250 valence electrons. The van der Waals surface area contributed by atoms with Crippen LogP contribution in [0, 0.1) is 36.3 Å². The highest BCUT2D eigenvalue weighted by Crippen LogP contribution is 2.34. The number of halogens is 2. The van der Waals surface area contributed by atoms with Gasteiger partial charge in [0.15, 0.2) is 0 Å². The van der Waals surface area contributed by atoms with Gasteiger partial charge in [-0.05, 0) is 129 Å².